The summed E-state index contributed by atoms with van der Waals surface area (Å²) in [4.78, 5) is 24.0. The van der Waals surface area contributed by atoms with Crippen molar-refractivity contribution in [2.24, 2.45) is 0 Å². The molecule has 0 radical (unpaired) electrons. The monoisotopic (exact) mass is 423 g/mol. The van der Waals surface area contributed by atoms with Crippen LogP contribution in [0.15, 0.2) is 42.6 Å². The minimum Gasteiger partial charge on any atom is -0.495 e. The molecule has 0 unspecified atom stereocenters. The molecule has 2 aliphatic rings. The smallest absolute Gasteiger partial charge is 0.257 e. The fourth-order valence-corrected chi connectivity index (χ4v) is 4.42. The predicted molar refractivity (Wildman–Crippen MR) is 124 cm³/mol. The Bertz CT molecular complexity index is 861. The van der Waals surface area contributed by atoms with E-state index in [9.17, 15) is 4.79 Å². The van der Waals surface area contributed by atoms with Gasteiger partial charge in [0, 0.05) is 52.0 Å². The van der Waals surface area contributed by atoms with Gasteiger partial charge in [-0.2, -0.15) is 0 Å². The van der Waals surface area contributed by atoms with Gasteiger partial charge >= 0.3 is 0 Å². The summed E-state index contributed by atoms with van der Waals surface area (Å²) >= 11 is 0. The van der Waals surface area contributed by atoms with Gasteiger partial charge in [-0.15, -0.1) is 0 Å². The lowest BCUT2D eigenvalue weighted by Crippen LogP contribution is -2.47. The molecule has 2 saturated heterocycles. The van der Waals surface area contributed by atoms with Gasteiger partial charge < -0.3 is 19.9 Å². The molecule has 1 amide bonds. The molecule has 1 aromatic heterocycles. The highest BCUT2D eigenvalue weighted by Gasteiger charge is 2.22. The van der Waals surface area contributed by atoms with E-state index in [1.54, 1.807) is 13.3 Å². The van der Waals surface area contributed by atoms with E-state index in [4.69, 9.17) is 4.74 Å². The van der Waals surface area contributed by atoms with E-state index in [0.29, 0.717) is 11.4 Å². The van der Waals surface area contributed by atoms with E-state index in [-0.39, 0.29) is 5.91 Å². The number of methoxy groups -OCH3 is 1. The number of rotatable bonds is 8. The van der Waals surface area contributed by atoms with Crippen LogP contribution in [-0.4, -0.2) is 80.2 Å². The minimum atomic E-state index is 0.0977. The van der Waals surface area contributed by atoms with Crippen LogP contribution in [0.5, 0.6) is 5.75 Å². The van der Waals surface area contributed by atoms with Crippen molar-refractivity contribution in [3.63, 3.8) is 0 Å². The van der Waals surface area contributed by atoms with E-state index in [1.807, 2.05) is 29.2 Å². The topological polar surface area (TPSA) is 60.9 Å². The molecule has 166 valence electrons. The highest BCUT2D eigenvalue weighted by Crippen LogP contribution is 2.28. The van der Waals surface area contributed by atoms with Crippen molar-refractivity contribution in [2.75, 3.05) is 69.7 Å². The third-order valence-electron chi connectivity index (χ3n) is 6.17. The molecule has 0 atom stereocenters. The average molecular weight is 424 g/mol. The lowest BCUT2D eigenvalue weighted by molar-refractivity contribution is 0.0793. The number of hydrogen-bond donors (Lipinski definition) is 1. The zero-order chi connectivity index (χ0) is 21.5. The first-order chi connectivity index (χ1) is 15.3. The summed E-state index contributed by atoms with van der Waals surface area (Å²) in [5.41, 5.74) is 1.87. The van der Waals surface area contributed by atoms with Crippen LogP contribution in [0.3, 0.4) is 0 Å². The first-order valence-electron chi connectivity index (χ1n) is 11.3. The molecule has 1 N–H and O–H groups in total. The maximum atomic E-state index is 12.8. The van der Waals surface area contributed by atoms with Crippen LogP contribution >= 0.6 is 0 Å². The molecule has 3 heterocycles. The van der Waals surface area contributed by atoms with E-state index >= 15 is 0 Å². The Morgan fingerprint density at radius 2 is 1.81 bits per heavy atom. The number of anilines is 2. The maximum Gasteiger partial charge on any atom is 0.257 e. The Balaban J connectivity index is 1.22. The van der Waals surface area contributed by atoms with Gasteiger partial charge in [0.2, 0.25) is 0 Å². The van der Waals surface area contributed by atoms with Crippen LogP contribution in [0.4, 0.5) is 11.5 Å². The van der Waals surface area contributed by atoms with Crippen LogP contribution in [-0.2, 0) is 0 Å². The van der Waals surface area contributed by atoms with Crippen LogP contribution in [0.2, 0.25) is 0 Å². The highest BCUT2D eigenvalue weighted by atomic mass is 16.5. The number of hydrogen-bond acceptors (Lipinski definition) is 6. The summed E-state index contributed by atoms with van der Waals surface area (Å²) in [7, 11) is 1.73. The molecule has 7 heteroatoms. The lowest BCUT2D eigenvalue weighted by atomic mass is 10.2. The van der Waals surface area contributed by atoms with Gasteiger partial charge in [0.15, 0.2) is 0 Å². The largest absolute Gasteiger partial charge is 0.495 e. The quantitative estimate of drug-likeness (QED) is 0.659. The standard InChI is InChI=1S/C24H33N5O2/c1-31-22-10-3-2-9-21(22)28-18-16-27(17-19-28)13-7-12-26-23-20(8-6-11-25-23)24(30)29-14-4-5-15-29/h2-3,6,8-11H,4-5,7,12-19H2,1H3,(H,25,26). The molecule has 0 aliphatic carbocycles. The molecular weight excluding hydrogens is 390 g/mol. The van der Waals surface area contributed by atoms with Gasteiger partial charge in [-0.05, 0) is 50.1 Å². The molecule has 4 rings (SSSR count). The number of pyridine rings is 1. The van der Waals surface area contributed by atoms with Gasteiger partial charge in [-0.3, -0.25) is 9.69 Å². The fourth-order valence-electron chi connectivity index (χ4n) is 4.42. The van der Waals surface area contributed by atoms with E-state index in [2.05, 4.69) is 32.2 Å². The normalized spacial score (nSPS) is 17.1. The number of amides is 1. The summed E-state index contributed by atoms with van der Waals surface area (Å²) < 4.78 is 5.51. The van der Waals surface area contributed by atoms with E-state index in [0.717, 1.165) is 77.4 Å². The predicted octanol–water partition coefficient (Wildman–Crippen LogP) is 2.95. The number of nitrogens with zero attached hydrogens (tertiary/aromatic N) is 4. The number of benzene rings is 1. The van der Waals surface area contributed by atoms with Crippen LogP contribution in [0, 0.1) is 0 Å². The van der Waals surface area contributed by atoms with Crippen LogP contribution in [0.1, 0.15) is 29.6 Å². The zero-order valence-corrected chi connectivity index (χ0v) is 18.4. The second-order valence-corrected chi connectivity index (χ2v) is 8.18. The van der Waals surface area contributed by atoms with Gasteiger partial charge in [0.1, 0.15) is 11.6 Å². The van der Waals surface area contributed by atoms with Gasteiger partial charge in [-0.1, -0.05) is 12.1 Å². The van der Waals surface area contributed by atoms with E-state index < -0.39 is 0 Å². The van der Waals surface area contributed by atoms with Crippen LogP contribution in [0.25, 0.3) is 0 Å². The van der Waals surface area contributed by atoms with Crippen molar-refractivity contribution in [1.29, 1.82) is 0 Å². The molecular formula is C24H33N5O2. The molecule has 0 saturated carbocycles. The molecule has 2 aromatic rings. The number of ether oxygens (including phenoxy) is 1. The summed E-state index contributed by atoms with van der Waals surface area (Å²) in [6.45, 7) is 7.65. The Morgan fingerprint density at radius 3 is 2.58 bits per heavy atom. The number of carbonyl (C=O) groups excluding carboxylic acids is 1. The Morgan fingerprint density at radius 1 is 1.03 bits per heavy atom. The Labute approximate surface area is 185 Å². The SMILES string of the molecule is COc1ccccc1N1CCN(CCCNc2ncccc2C(=O)N2CCCC2)CC1. The summed E-state index contributed by atoms with van der Waals surface area (Å²) in [5.74, 6) is 1.75. The van der Waals surface area contributed by atoms with Crippen molar-refractivity contribution >= 4 is 17.4 Å². The fraction of sp³-hybridized carbons (Fsp3) is 0.500. The van der Waals surface area contributed by atoms with Gasteiger partial charge in [-0.25, -0.2) is 4.98 Å². The molecule has 2 fully saturated rings. The van der Waals surface area contributed by atoms with Crippen molar-refractivity contribution in [3.05, 3.63) is 48.2 Å². The van der Waals surface area contributed by atoms with Crippen LogP contribution < -0.4 is 15.0 Å². The lowest BCUT2D eigenvalue weighted by Gasteiger charge is -2.36. The second kappa shape index (κ2) is 10.5. The van der Waals surface area contributed by atoms with E-state index in [1.165, 1.54) is 5.69 Å². The minimum absolute atomic E-state index is 0.0977. The highest BCUT2D eigenvalue weighted by molar-refractivity contribution is 5.98. The first kappa shape index (κ1) is 21.4. The molecule has 7 nitrogen and oxygen atoms in total. The van der Waals surface area contributed by atoms with Gasteiger partial charge in [0.25, 0.3) is 5.91 Å². The number of likely N-dealkylation sites (tertiary alicyclic amines) is 1. The Hall–Kier alpha value is -2.80. The maximum absolute atomic E-state index is 12.8. The third-order valence-corrected chi connectivity index (χ3v) is 6.17. The van der Waals surface area contributed by atoms with Crippen molar-refractivity contribution in [3.8, 4) is 5.75 Å². The zero-order valence-electron chi connectivity index (χ0n) is 18.4. The van der Waals surface area contributed by atoms with Crippen molar-refractivity contribution in [2.45, 2.75) is 19.3 Å². The summed E-state index contributed by atoms with van der Waals surface area (Å²) in [6, 6.07) is 12.0. The number of para-hydroxylation sites is 2. The van der Waals surface area contributed by atoms with Gasteiger partial charge in [0.05, 0.1) is 18.4 Å². The van der Waals surface area contributed by atoms with Crippen molar-refractivity contribution in [1.82, 2.24) is 14.8 Å². The molecule has 2 aliphatic heterocycles. The second-order valence-electron chi connectivity index (χ2n) is 8.18. The first-order valence-corrected chi connectivity index (χ1v) is 11.3. The molecule has 0 spiro atoms. The average Bonchev–Trinajstić information content (AvgIpc) is 3.37. The summed E-state index contributed by atoms with van der Waals surface area (Å²) in [6.07, 6.45) is 4.96. The molecule has 1 aromatic carbocycles. The number of nitrogens with one attached hydrogen (secondary N) is 1. The number of piperazine rings is 1. The molecule has 0 bridgehead atoms. The van der Waals surface area contributed by atoms with Crippen molar-refractivity contribution < 1.29 is 9.53 Å². The third kappa shape index (κ3) is 5.28. The number of carbonyl (C=O) groups is 1. The Kier molecular flexibility index (Phi) is 7.25. The summed E-state index contributed by atoms with van der Waals surface area (Å²) in [5, 5.41) is 3.39. The molecule has 31 heavy (non-hydrogen) atoms. The number of aromatic nitrogens is 1.